The van der Waals surface area contributed by atoms with Gasteiger partial charge in [-0.15, -0.1) is 0 Å². The molecule has 0 aliphatic carbocycles. The van der Waals surface area contributed by atoms with Crippen molar-refractivity contribution in [1.29, 1.82) is 0 Å². The summed E-state index contributed by atoms with van der Waals surface area (Å²) < 4.78 is 26.0. The zero-order valence-corrected chi connectivity index (χ0v) is 22.3. The maximum atomic E-state index is 13.5. The van der Waals surface area contributed by atoms with Crippen LogP contribution in [0.2, 0.25) is 15.1 Å². The van der Waals surface area contributed by atoms with E-state index in [1.54, 1.807) is 37.3 Å². The summed E-state index contributed by atoms with van der Waals surface area (Å²) in [5, 5.41) is 3.66. The lowest BCUT2D eigenvalue weighted by Crippen LogP contribution is -2.51. The number of amides is 2. The van der Waals surface area contributed by atoms with Gasteiger partial charge in [0.1, 0.15) is 12.6 Å². The summed E-state index contributed by atoms with van der Waals surface area (Å²) in [6.45, 7) is 3.57. The lowest BCUT2D eigenvalue weighted by atomic mass is 10.1. The summed E-state index contributed by atoms with van der Waals surface area (Å²) in [6.07, 6.45) is 2.70. The van der Waals surface area contributed by atoms with Gasteiger partial charge in [0.15, 0.2) is 0 Å². The van der Waals surface area contributed by atoms with E-state index in [2.05, 4.69) is 5.32 Å². The third-order valence-corrected chi connectivity index (χ3v) is 7.32. The van der Waals surface area contributed by atoms with Gasteiger partial charge in [0.2, 0.25) is 21.8 Å². The zero-order chi connectivity index (χ0) is 25.5. The Kier molecular flexibility index (Phi) is 10.5. The van der Waals surface area contributed by atoms with Crippen molar-refractivity contribution in [1.82, 2.24) is 10.2 Å². The van der Waals surface area contributed by atoms with Gasteiger partial charge >= 0.3 is 0 Å². The number of unbranched alkanes of at least 4 members (excludes halogenated alkanes) is 1. The maximum Gasteiger partial charge on any atom is 0.244 e. The fourth-order valence-corrected chi connectivity index (χ4v) is 4.67. The Balaban J connectivity index is 2.38. The highest BCUT2D eigenvalue weighted by Gasteiger charge is 2.30. The van der Waals surface area contributed by atoms with Crippen LogP contribution in [0.1, 0.15) is 32.3 Å². The Morgan fingerprint density at radius 1 is 1.03 bits per heavy atom. The number of halogens is 3. The monoisotopic (exact) mass is 547 g/mol. The van der Waals surface area contributed by atoms with Gasteiger partial charge in [0.25, 0.3) is 0 Å². The minimum absolute atomic E-state index is 0.0260. The first-order valence-electron chi connectivity index (χ1n) is 10.7. The van der Waals surface area contributed by atoms with Crippen molar-refractivity contribution in [2.75, 3.05) is 23.7 Å². The minimum Gasteiger partial charge on any atom is -0.354 e. The molecular weight excluding hydrogens is 521 g/mol. The van der Waals surface area contributed by atoms with E-state index in [0.717, 1.165) is 23.4 Å². The number of hydrogen-bond acceptors (Lipinski definition) is 4. The van der Waals surface area contributed by atoms with Crippen molar-refractivity contribution in [3.63, 3.8) is 0 Å². The lowest BCUT2D eigenvalue weighted by molar-refractivity contribution is -0.139. The second kappa shape index (κ2) is 12.6. The van der Waals surface area contributed by atoms with Crippen LogP contribution in [0.3, 0.4) is 0 Å². The van der Waals surface area contributed by atoms with E-state index in [1.807, 2.05) is 6.92 Å². The van der Waals surface area contributed by atoms with Gasteiger partial charge in [0.05, 0.1) is 27.0 Å². The highest BCUT2D eigenvalue weighted by atomic mass is 35.5. The number of nitrogens with one attached hydrogen (secondary N) is 1. The molecule has 0 fully saturated rings. The number of anilines is 1. The molecule has 7 nitrogen and oxygen atoms in total. The fourth-order valence-electron chi connectivity index (χ4n) is 3.20. The van der Waals surface area contributed by atoms with Crippen LogP contribution in [0.4, 0.5) is 5.69 Å². The second-order valence-corrected chi connectivity index (χ2v) is 10.9. The first-order valence-corrected chi connectivity index (χ1v) is 13.7. The molecule has 0 aromatic heterocycles. The van der Waals surface area contributed by atoms with Crippen molar-refractivity contribution >= 4 is 62.3 Å². The summed E-state index contributed by atoms with van der Waals surface area (Å²) in [7, 11) is -3.86. The predicted molar refractivity (Wildman–Crippen MR) is 138 cm³/mol. The molecule has 2 rings (SSSR count). The van der Waals surface area contributed by atoms with Crippen LogP contribution in [0.5, 0.6) is 0 Å². The van der Waals surface area contributed by atoms with Crippen LogP contribution in [0.15, 0.2) is 42.5 Å². The molecule has 1 atom stereocenters. The standard InChI is InChI=1S/C23H28Cl3N3O4S/c1-4-5-12-27-23(31)16(2)28(14-17-10-11-18(24)20(26)13-17)22(30)15-29(34(3,32)33)21-9-7-6-8-19(21)25/h6-11,13,16H,4-5,12,14-15H2,1-3H3,(H,27,31). The first kappa shape index (κ1) is 28.2. The third kappa shape index (κ3) is 7.77. The van der Waals surface area contributed by atoms with Crippen molar-refractivity contribution in [3.05, 3.63) is 63.1 Å². The van der Waals surface area contributed by atoms with Crippen LogP contribution >= 0.6 is 34.8 Å². The summed E-state index contributed by atoms with van der Waals surface area (Å²) in [5.41, 5.74) is 0.814. The van der Waals surface area contributed by atoms with E-state index < -0.39 is 28.5 Å². The van der Waals surface area contributed by atoms with Gasteiger partial charge in [-0.25, -0.2) is 8.42 Å². The van der Waals surface area contributed by atoms with Crippen LogP contribution in [-0.2, 0) is 26.2 Å². The number of carbonyl (C=O) groups is 2. The molecule has 0 radical (unpaired) electrons. The number of benzene rings is 2. The minimum atomic E-state index is -3.86. The van der Waals surface area contributed by atoms with Crippen LogP contribution < -0.4 is 9.62 Å². The highest BCUT2D eigenvalue weighted by Crippen LogP contribution is 2.28. The normalized spacial score (nSPS) is 12.2. The summed E-state index contributed by atoms with van der Waals surface area (Å²) >= 11 is 18.3. The molecule has 2 amide bonds. The van der Waals surface area contributed by atoms with Gasteiger partial charge < -0.3 is 10.2 Å². The predicted octanol–water partition coefficient (Wildman–Crippen LogP) is 4.75. The number of para-hydroxylation sites is 1. The molecule has 0 saturated carbocycles. The molecular formula is C23H28Cl3N3O4S. The first-order chi connectivity index (χ1) is 16.0. The van der Waals surface area contributed by atoms with Crippen LogP contribution in [0.25, 0.3) is 0 Å². The molecule has 1 N–H and O–H groups in total. The molecule has 0 heterocycles. The molecule has 0 aliphatic heterocycles. The van der Waals surface area contributed by atoms with Crippen molar-refractivity contribution in [2.45, 2.75) is 39.3 Å². The smallest absolute Gasteiger partial charge is 0.244 e. The van der Waals surface area contributed by atoms with Crippen molar-refractivity contribution in [2.24, 2.45) is 0 Å². The number of sulfonamides is 1. The summed E-state index contributed by atoms with van der Waals surface area (Å²) in [4.78, 5) is 27.5. The summed E-state index contributed by atoms with van der Waals surface area (Å²) in [5.74, 6) is -0.917. The highest BCUT2D eigenvalue weighted by molar-refractivity contribution is 7.92. The Morgan fingerprint density at radius 2 is 1.71 bits per heavy atom. The molecule has 11 heteroatoms. The van der Waals surface area contributed by atoms with E-state index >= 15 is 0 Å². The fraction of sp³-hybridized carbons (Fsp3) is 0.391. The number of hydrogen-bond donors (Lipinski definition) is 1. The molecule has 1 unspecified atom stereocenters. The van der Waals surface area contributed by atoms with E-state index in [-0.39, 0.29) is 23.2 Å². The molecule has 186 valence electrons. The Bertz CT molecular complexity index is 1130. The molecule has 2 aromatic rings. The third-order valence-electron chi connectivity index (χ3n) is 5.13. The molecule has 0 aliphatic rings. The van der Waals surface area contributed by atoms with Gasteiger partial charge in [-0.05, 0) is 43.2 Å². The Morgan fingerprint density at radius 3 is 2.29 bits per heavy atom. The van der Waals surface area contributed by atoms with E-state index in [0.29, 0.717) is 22.2 Å². The average Bonchev–Trinajstić information content (AvgIpc) is 2.77. The van der Waals surface area contributed by atoms with Gasteiger partial charge in [-0.1, -0.05) is 66.3 Å². The number of rotatable bonds is 11. The van der Waals surface area contributed by atoms with Gasteiger partial charge in [-0.2, -0.15) is 0 Å². The number of carbonyl (C=O) groups excluding carboxylic acids is 2. The summed E-state index contributed by atoms with van der Waals surface area (Å²) in [6, 6.07) is 10.4. The topological polar surface area (TPSA) is 86.8 Å². The molecule has 2 aromatic carbocycles. The second-order valence-electron chi connectivity index (χ2n) is 7.81. The molecule has 0 spiro atoms. The van der Waals surface area contributed by atoms with E-state index in [4.69, 9.17) is 34.8 Å². The Hall–Kier alpha value is -2.00. The Labute approximate surface area is 216 Å². The van der Waals surface area contributed by atoms with Gasteiger partial charge in [0, 0.05) is 13.1 Å². The number of nitrogens with zero attached hydrogens (tertiary/aromatic N) is 2. The lowest BCUT2D eigenvalue weighted by Gasteiger charge is -2.31. The zero-order valence-electron chi connectivity index (χ0n) is 19.2. The maximum absolute atomic E-state index is 13.5. The average molecular weight is 549 g/mol. The quantitative estimate of drug-likeness (QED) is 0.411. The van der Waals surface area contributed by atoms with Crippen molar-refractivity contribution < 1.29 is 18.0 Å². The SMILES string of the molecule is CCCCNC(=O)C(C)N(Cc1ccc(Cl)c(Cl)c1)C(=O)CN(c1ccccc1Cl)S(C)(=O)=O. The van der Waals surface area contributed by atoms with E-state index in [1.165, 1.54) is 17.0 Å². The molecule has 0 saturated heterocycles. The van der Waals surface area contributed by atoms with E-state index in [9.17, 15) is 18.0 Å². The van der Waals surface area contributed by atoms with Crippen molar-refractivity contribution in [3.8, 4) is 0 Å². The molecule has 0 bridgehead atoms. The van der Waals surface area contributed by atoms with Gasteiger partial charge in [-0.3, -0.25) is 13.9 Å². The van der Waals surface area contributed by atoms with Crippen LogP contribution in [-0.4, -0.2) is 50.5 Å². The largest absolute Gasteiger partial charge is 0.354 e. The van der Waals surface area contributed by atoms with Crippen LogP contribution in [0, 0.1) is 0 Å². The molecule has 34 heavy (non-hydrogen) atoms.